The first kappa shape index (κ1) is 58.2. The van der Waals surface area contributed by atoms with Crippen molar-refractivity contribution in [2.75, 3.05) is 41.1 Å². The molecule has 2 bridgehead atoms. The zero-order chi connectivity index (χ0) is 51.0. The molecule has 15 nitrogen and oxygen atoms in total. The molecule has 15 heteroatoms. The fourth-order valence-corrected chi connectivity index (χ4v) is 10.6. The van der Waals surface area contributed by atoms with E-state index in [1.165, 1.54) is 12.0 Å². The second-order valence-electron chi connectivity index (χ2n) is 20.6. The van der Waals surface area contributed by atoms with Crippen LogP contribution in [0.2, 0.25) is 0 Å². The van der Waals surface area contributed by atoms with Crippen molar-refractivity contribution in [1.82, 2.24) is 4.90 Å². The molecule has 3 heterocycles. The van der Waals surface area contributed by atoms with Crippen LogP contribution in [0.3, 0.4) is 0 Å². The van der Waals surface area contributed by atoms with Crippen LogP contribution in [0.4, 0.5) is 0 Å². The van der Waals surface area contributed by atoms with Gasteiger partial charge in [-0.2, -0.15) is 0 Å². The molecule has 1 aliphatic carbocycles. The number of fused-ring (bicyclic) bond motifs is 3. The Kier molecular flexibility index (Phi) is 23.6. The molecular weight excluding hydrogens is 887 g/mol. The molecule has 1 amide bonds. The van der Waals surface area contributed by atoms with Gasteiger partial charge in [0.05, 0.1) is 24.4 Å². The van der Waals surface area contributed by atoms with Crippen LogP contribution in [0.5, 0.6) is 0 Å². The number of amides is 1. The van der Waals surface area contributed by atoms with Crippen LogP contribution < -0.4 is 0 Å². The first-order valence-electron chi connectivity index (χ1n) is 25.5. The molecular formula is C54H85NO14. The third-order valence-electron chi connectivity index (χ3n) is 15.0. The van der Waals surface area contributed by atoms with E-state index in [0.29, 0.717) is 76.4 Å². The first-order valence-corrected chi connectivity index (χ1v) is 25.5. The standard InChI is InChI=1S/C54H85NO14/c1-33-17-12-11-13-18-34(2)46(65-9)31-41-21-20-39(7)54(63,69-41)51(60)52(61)55-22-15-14-19-44(55)53(62)68-47(36(4)27-40-28-42(64-8)30-43(29-40)67-24-16-23-56)32-45(57)35(3)26-38(6)49(59)50(66-10)48(58)37(5)25-33/h11-13,17-18,26,33,35-37,39-44,46-47,49-50,56,59,63H,14-16,19-25,27-32H2,1-10H3/b13-11+,17-12+,34-18+,38-26+/t33-,35-,36-,37+,39-,40+,41+,42-,43?,44?,46+,47+,49-,50+,54-/m1/s1. The summed E-state index contributed by atoms with van der Waals surface area (Å²) in [6.07, 6.45) is 12.7. The number of esters is 1. The van der Waals surface area contributed by atoms with Crippen LogP contribution in [-0.2, 0) is 52.4 Å². The summed E-state index contributed by atoms with van der Waals surface area (Å²) in [5.41, 5.74) is 1.26. The SMILES string of the molecule is CO[C@H]1CC(OCCCO)C[C@@H](C[C@@H](C)[C@@H]2CC(=O)[C@H](C)/C=C(\C)[C@@H](O)[C@@H](OC)C(=O)[C@@H](C)C[C@H](C)/C=C/C=C/C=C(\C)[C@@H](OC)C[C@@H]3CC[C@@H](C)[C@@](O)(O3)C(=O)C(=O)N3CCCCC3C(=O)O2)C1. The minimum absolute atomic E-state index is 0.0147. The maximum absolute atomic E-state index is 14.5. The number of hydrogen-bond acceptors (Lipinski definition) is 14. The molecule has 15 atom stereocenters. The quantitative estimate of drug-likeness (QED) is 0.0916. The molecule has 3 aliphatic heterocycles. The van der Waals surface area contributed by atoms with Gasteiger partial charge in [-0.15, -0.1) is 0 Å². The molecule has 2 saturated heterocycles. The Morgan fingerprint density at radius 3 is 2.26 bits per heavy atom. The number of ketones is 3. The average Bonchev–Trinajstić information content (AvgIpc) is 3.32. The maximum Gasteiger partial charge on any atom is 0.329 e. The molecule has 0 spiro atoms. The summed E-state index contributed by atoms with van der Waals surface area (Å²) in [6, 6.07) is -1.15. The molecule has 390 valence electrons. The minimum atomic E-state index is -2.44. The summed E-state index contributed by atoms with van der Waals surface area (Å²) < 4.78 is 35.9. The lowest BCUT2D eigenvalue weighted by atomic mass is 9.78. The molecule has 0 aromatic rings. The van der Waals surface area contributed by atoms with Gasteiger partial charge in [-0.1, -0.05) is 71.1 Å². The van der Waals surface area contributed by atoms with E-state index in [1.807, 2.05) is 58.1 Å². The Labute approximate surface area is 411 Å². The molecule has 1 saturated carbocycles. The number of cyclic esters (lactones) is 1. The van der Waals surface area contributed by atoms with E-state index >= 15 is 0 Å². The van der Waals surface area contributed by atoms with E-state index in [0.717, 1.165) is 12.0 Å². The molecule has 0 radical (unpaired) electrons. The number of aliphatic hydroxyl groups excluding tert-OH is 2. The highest BCUT2D eigenvalue weighted by Gasteiger charge is 2.53. The predicted molar refractivity (Wildman–Crippen MR) is 261 cm³/mol. The van der Waals surface area contributed by atoms with Gasteiger partial charge < -0.3 is 48.6 Å². The third kappa shape index (κ3) is 16.3. The predicted octanol–water partition coefficient (Wildman–Crippen LogP) is 6.59. The van der Waals surface area contributed by atoms with Crippen molar-refractivity contribution in [2.24, 2.45) is 35.5 Å². The molecule has 4 aliphatic rings. The molecule has 3 fully saturated rings. The maximum atomic E-state index is 14.5. The number of methoxy groups -OCH3 is 3. The summed E-state index contributed by atoms with van der Waals surface area (Å²) in [5.74, 6) is -8.04. The van der Waals surface area contributed by atoms with Crippen LogP contribution in [0.15, 0.2) is 47.6 Å². The lowest BCUT2D eigenvalue weighted by molar-refractivity contribution is -0.265. The summed E-state index contributed by atoms with van der Waals surface area (Å²) in [5, 5.41) is 32.8. The summed E-state index contributed by atoms with van der Waals surface area (Å²) >= 11 is 0. The smallest absolute Gasteiger partial charge is 0.329 e. The minimum Gasteiger partial charge on any atom is -0.460 e. The Morgan fingerprint density at radius 2 is 1.58 bits per heavy atom. The molecule has 4 rings (SSSR count). The van der Waals surface area contributed by atoms with Crippen molar-refractivity contribution in [1.29, 1.82) is 0 Å². The second kappa shape index (κ2) is 28.0. The van der Waals surface area contributed by atoms with Crippen molar-refractivity contribution in [3.63, 3.8) is 0 Å². The Morgan fingerprint density at radius 1 is 0.855 bits per heavy atom. The second-order valence-corrected chi connectivity index (χ2v) is 20.6. The van der Waals surface area contributed by atoms with Crippen LogP contribution in [0.1, 0.15) is 132 Å². The van der Waals surface area contributed by atoms with Crippen molar-refractivity contribution in [2.45, 2.75) is 186 Å². The summed E-state index contributed by atoms with van der Waals surface area (Å²) in [6.45, 7) is 13.2. The van der Waals surface area contributed by atoms with Gasteiger partial charge >= 0.3 is 5.97 Å². The highest BCUT2D eigenvalue weighted by Crippen LogP contribution is 2.38. The van der Waals surface area contributed by atoms with E-state index in [2.05, 4.69) is 0 Å². The molecule has 0 aromatic carbocycles. The number of hydrogen-bond donors (Lipinski definition) is 3. The van der Waals surface area contributed by atoms with E-state index in [1.54, 1.807) is 41.1 Å². The van der Waals surface area contributed by atoms with Gasteiger partial charge in [-0.25, -0.2) is 4.79 Å². The highest BCUT2D eigenvalue weighted by molar-refractivity contribution is 6.39. The van der Waals surface area contributed by atoms with Crippen molar-refractivity contribution in [3.8, 4) is 0 Å². The summed E-state index contributed by atoms with van der Waals surface area (Å²) in [7, 11) is 4.62. The van der Waals surface area contributed by atoms with Crippen LogP contribution in [0, 0.1) is 35.5 Å². The lowest BCUT2D eigenvalue weighted by Crippen LogP contribution is -2.61. The largest absolute Gasteiger partial charge is 0.460 e. The van der Waals surface area contributed by atoms with Gasteiger partial charge in [0.1, 0.15) is 30.1 Å². The molecule has 3 N–H and O–H groups in total. The van der Waals surface area contributed by atoms with Gasteiger partial charge in [0.25, 0.3) is 11.7 Å². The number of piperidine rings is 1. The van der Waals surface area contributed by atoms with Crippen LogP contribution in [0.25, 0.3) is 0 Å². The zero-order valence-corrected chi connectivity index (χ0v) is 43.1. The fraction of sp³-hybridized carbons (Fsp3) is 0.759. The van der Waals surface area contributed by atoms with E-state index in [9.17, 15) is 39.3 Å². The molecule has 69 heavy (non-hydrogen) atoms. The zero-order valence-electron chi connectivity index (χ0n) is 43.1. The van der Waals surface area contributed by atoms with Crippen LogP contribution >= 0.6 is 0 Å². The number of allylic oxidation sites excluding steroid dienone is 6. The number of carbonyl (C=O) groups is 5. The fourth-order valence-electron chi connectivity index (χ4n) is 10.6. The van der Waals surface area contributed by atoms with E-state index < -0.39 is 77.8 Å². The third-order valence-corrected chi connectivity index (χ3v) is 15.0. The Bertz CT molecular complexity index is 1830. The number of Topliss-reactive ketones (excluding diaryl/α,β-unsaturated/α-hetero) is 3. The van der Waals surface area contributed by atoms with E-state index in [4.69, 9.17) is 28.4 Å². The van der Waals surface area contributed by atoms with Gasteiger partial charge in [-0.05, 0) is 113 Å². The van der Waals surface area contributed by atoms with Crippen molar-refractivity contribution >= 4 is 29.2 Å². The molecule has 2 unspecified atom stereocenters. The number of aliphatic hydroxyl groups is 3. The van der Waals surface area contributed by atoms with Gasteiger partial charge in [0.15, 0.2) is 5.78 Å². The highest BCUT2D eigenvalue weighted by atomic mass is 16.6. The number of ether oxygens (including phenoxy) is 6. The monoisotopic (exact) mass is 972 g/mol. The van der Waals surface area contributed by atoms with Gasteiger partial charge in [-0.3, -0.25) is 19.2 Å². The first-order chi connectivity index (χ1) is 32.8. The summed E-state index contributed by atoms with van der Waals surface area (Å²) in [4.78, 5) is 72.3. The van der Waals surface area contributed by atoms with Crippen molar-refractivity contribution in [3.05, 3.63) is 47.6 Å². The number of rotatable bonds is 10. The van der Waals surface area contributed by atoms with Crippen LogP contribution in [-0.4, -0.2) is 145 Å². The average molecular weight is 972 g/mol. The Hall–Kier alpha value is -3.41. The lowest BCUT2D eigenvalue weighted by Gasteiger charge is -2.42. The van der Waals surface area contributed by atoms with Gasteiger partial charge in [0.2, 0.25) is 5.79 Å². The van der Waals surface area contributed by atoms with Crippen molar-refractivity contribution < 1.29 is 67.7 Å². The van der Waals surface area contributed by atoms with Gasteiger partial charge in [0, 0.05) is 71.7 Å². The normalized spacial score (nSPS) is 38.8. The number of carbonyl (C=O) groups excluding carboxylic acids is 5. The molecule has 0 aromatic heterocycles. The Balaban J connectivity index is 1.71. The van der Waals surface area contributed by atoms with E-state index in [-0.39, 0.29) is 67.5 Å². The topological polar surface area (TPSA) is 205 Å². The number of nitrogens with zero attached hydrogens (tertiary/aromatic N) is 1.